The van der Waals surface area contributed by atoms with Crippen molar-refractivity contribution in [2.45, 2.75) is 12.1 Å². The summed E-state index contributed by atoms with van der Waals surface area (Å²) < 4.78 is 15.3. The van der Waals surface area contributed by atoms with Crippen molar-refractivity contribution >= 4 is 15.1 Å². The third-order valence-corrected chi connectivity index (χ3v) is 4.59. The van der Waals surface area contributed by atoms with E-state index in [0.29, 0.717) is 6.29 Å². The Balaban J connectivity index is 4.28. The Morgan fingerprint density at radius 3 is 2.14 bits per heavy atom. The topological polar surface area (TPSA) is 65.0 Å². The first-order chi connectivity index (χ1) is 6.64. The minimum Gasteiger partial charge on any atom is -0.389 e. The molecular formula is C8H16O5Si. The zero-order valence-electron chi connectivity index (χ0n) is 8.60. The summed E-state index contributed by atoms with van der Waals surface area (Å²) in [5.41, 5.74) is 0. The molecule has 0 rings (SSSR count). The van der Waals surface area contributed by atoms with Crippen molar-refractivity contribution in [1.29, 1.82) is 0 Å². The van der Waals surface area contributed by atoms with Crippen LogP contribution in [0.15, 0.2) is 12.2 Å². The highest BCUT2D eigenvalue weighted by Gasteiger charge is 2.39. The monoisotopic (exact) mass is 220 g/mol. The summed E-state index contributed by atoms with van der Waals surface area (Å²) in [5, 5.41) is 9.46. The normalized spacial score (nSPS) is 14.6. The Kier molecular flexibility index (Phi) is 6.59. The molecule has 0 heterocycles. The molecule has 6 heteroatoms. The first kappa shape index (κ1) is 13.5. The summed E-state index contributed by atoms with van der Waals surface area (Å²) in [7, 11) is 1.66. The van der Waals surface area contributed by atoms with Gasteiger partial charge in [0.05, 0.1) is 6.10 Å². The van der Waals surface area contributed by atoms with Gasteiger partial charge < -0.3 is 18.4 Å². The van der Waals surface area contributed by atoms with Crippen LogP contribution >= 0.6 is 0 Å². The van der Waals surface area contributed by atoms with Gasteiger partial charge in [0.15, 0.2) is 0 Å². The summed E-state index contributed by atoms with van der Waals surface area (Å²) in [6.45, 7) is 0. The second-order valence-electron chi connectivity index (χ2n) is 2.59. The fourth-order valence-corrected chi connectivity index (χ4v) is 2.65. The van der Waals surface area contributed by atoms with Crippen LogP contribution in [0.4, 0.5) is 0 Å². The van der Waals surface area contributed by atoms with Crippen LogP contribution in [-0.2, 0) is 18.1 Å². The third kappa shape index (κ3) is 4.12. The maximum Gasteiger partial charge on any atom is 0.503 e. The highest BCUT2D eigenvalue weighted by Crippen LogP contribution is 2.15. The number of hydrogen-bond acceptors (Lipinski definition) is 5. The second-order valence-corrected chi connectivity index (χ2v) is 5.59. The molecule has 0 aliphatic carbocycles. The number of aldehydes is 1. The number of carbonyl (C=O) groups excluding carboxylic acids is 1. The van der Waals surface area contributed by atoms with Gasteiger partial charge in [0.25, 0.3) is 0 Å². The van der Waals surface area contributed by atoms with Gasteiger partial charge in [0.2, 0.25) is 0 Å². The van der Waals surface area contributed by atoms with E-state index in [1.807, 2.05) is 0 Å². The number of rotatable bonds is 7. The summed E-state index contributed by atoms with van der Waals surface area (Å²) in [5.74, 6) is 0. The van der Waals surface area contributed by atoms with Crippen molar-refractivity contribution in [3.05, 3.63) is 12.2 Å². The van der Waals surface area contributed by atoms with Gasteiger partial charge in [-0.25, -0.2) is 0 Å². The molecule has 0 aromatic heterocycles. The van der Waals surface area contributed by atoms with Gasteiger partial charge >= 0.3 is 8.80 Å². The lowest BCUT2D eigenvalue weighted by Gasteiger charge is -2.25. The first-order valence-electron chi connectivity index (χ1n) is 4.09. The second kappa shape index (κ2) is 6.85. The van der Waals surface area contributed by atoms with Gasteiger partial charge in [-0.1, -0.05) is 6.08 Å². The van der Waals surface area contributed by atoms with Crippen molar-refractivity contribution < 1.29 is 23.2 Å². The van der Waals surface area contributed by atoms with E-state index in [2.05, 4.69) is 0 Å². The van der Waals surface area contributed by atoms with Crippen molar-refractivity contribution in [2.24, 2.45) is 0 Å². The number of carbonyl (C=O) groups is 1. The molecule has 0 aromatic rings. The maximum atomic E-state index is 10.0. The number of aliphatic hydroxyl groups is 1. The van der Waals surface area contributed by atoms with Crippen molar-refractivity contribution in [1.82, 2.24) is 0 Å². The molecule has 82 valence electrons. The Hall–Kier alpha value is -0.533. The van der Waals surface area contributed by atoms with E-state index in [1.54, 1.807) is 0 Å². The fourth-order valence-electron chi connectivity index (χ4n) is 0.998. The standard InChI is InChI=1S/C8H16O5Si/c1-11-14(12-2,13-3)7-8(10)5-4-6-9/h4-6,8,10H,7H2,1-3H3. The first-order valence-corrected chi connectivity index (χ1v) is 6.02. The Bertz CT molecular complexity index is 182. The van der Waals surface area contributed by atoms with Gasteiger partial charge in [0.1, 0.15) is 6.29 Å². The zero-order chi connectivity index (χ0) is 11.0. The molecule has 5 nitrogen and oxygen atoms in total. The van der Waals surface area contributed by atoms with E-state index in [4.69, 9.17) is 13.3 Å². The van der Waals surface area contributed by atoms with Crippen LogP contribution in [0, 0.1) is 0 Å². The van der Waals surface area contributed by atoms with Crippen LogP contribution in [0.3, 0.4) is 0 Å². The molecule has 0 bridgehead atoms. The lowest BCUT2D eigenvalue weighted by Crippen LogP contribution is -2.45. The molecule has 0 saturated heterocycles. The molecule has 0 aliphatic heterocycles. The molecule has 0 aliphatic rings. The van der Waals surface area contributed by atoms with Gasteiger partial charge in [-0.15, -0.1) is 0 Å². The largest absolute Gasteiger partial charge is 0.503 e. The molecule has 1 unspecified atom stereocenters. The fraction of sp³-hybridized carbons (Fsp3) is 0.625. The lowest BCUT2D eigenvalue weighted by atomic mass is 10.4. The number of allylic oxidation sites excluding steroid dienone is 1. The molecule has 0 radical (unpaired) electrons. The summed E-state index contributed by atoms with van der Waals surface area (Å²) in [4.78, 5) is 10.0. The van der Waals surface area contributed by atoms with E-state index >= 15 is 0 Å². The van der Waals surface area contributed by atoms with E-state index in [-0.39, 0.29) is 6.04 Å². The molecule has 1 atom stereocenters. The SMILES string of the molecule is CO[Si](CC(O)C=CC=O)(OC)OC. The van der Waals surface area contributed by atoms with Gasteiger partial charge in [-0.2, -0.15) is 0 Å². The molecule has 0 fully saturated rings. The summed E-state index contributed by atoms with van der Waals surface area (Å²) in [6.07, 6.45) is 2.39. The molecular weight excluding hydrogens is 204 g/mol. The van der Waals surface area contributed by atoms with Crippen LogP contribution in [0.1, 0.15) is 0 Å². The van der Waals surface area contributed by atoms with Crippen LogP contribution in [-0.4, -0.2) is 47.6 Å². The van der Waals surface area contributed by atoms with E-state index in [9.17, 15) is 9.90 Å². The average molecular weight is 220 g/mol. The molecule has 0 spiro atoms. The quantitative estimate of drug-likeness (QED) is 0.371. The van der Waals surface area contributed by atoms with Crippen molar-refractivity contribution in [3.63, 3.8) is 0 Å². The van der Waals surface area contributed by atoms with Crippen LogP contribution in [0.25, 0.3) is 0 Å². The minimum absolute atomic E-state index is 0.223. The summed E-state index contributed by atoms with van der Waals surface area (Å²) >= 11 is 0. The van der Waals surface area contributed by atoms with E-state index < -0.39 is 14.9 Å². The van der Waals surface area contributed by atoms with Gasteiger partial charge in [-0.3, -0.25) is 4.79 Å². The molecule has 1 N–H and O–H groups in total. The lowest BCUT2D eigenvalue weighted by molar-refractivity contribution is -0.104. The van der Waals surface area contributed by atoms with Crippen LogP contribution in [0.2, 0.25) is 6.04 Å². The molecule has 0 saturated carbocycles. The van der Waals surface area contributed by atoms with Crippen LogP contribution < -0.4 is 0 Å². The van der Waals surface area contributed by atoms with E-state index in [0.717, 1.165) is 0 Å². The molecule has 0 aromatic carbocycles. The van der Waals surface area contributed by atoms with Crippen molar-refractivity contribution in [2.75, 3.05) is 21.3 Å². The Morgan fingerprint density at radius 2 is 1.79 bits per heavy atom. The van der Waals surface area contributed by atoms with Crippen molar-refractivity contribution in [3.8, 4) is 0 Å². The van der Waals surface area contributed by atoms with Gasteiger partial charge in [-0.05, 0) is 6.08 Å². The predicted octanol–water partition coefficient (Wildman–Crippen LogP) is -0.0195. The molecule has 0 amide bonds. The van der Waals surface area contributed by atoms with Gasteiger partial charge in [0, 0.05) is 27.4 Å². The number of hydrogen-bond donors (Lipinski definition) is 1. The minimum atomic E-state index is -2.75. The predicted molar refractivity (Wildman–Crippen MR) is 52.8 cm³/mol. The Morgan fingerprint density at radius 1 is 1.29 bits per heavy atom. The van der Waals surface area contributed by atoms with E-state index in [1.165, 1.54) is 33.5 Å². The van der Waals surface area contributed by atoms with Crippen LogP contribution in [0.5, 0.6) is 0 Å². The maximum absolute atomic E-state index is 10.0. The number of aliphatic hydroxyl groups excluding tert-OH is 1. The smallest absolute Gasteiger partial charge is 0.389 e. The molecule has 14 heavy (non-hydrogen) atoms. The highest BCUT2D eigenvalue weighted by atomic mass is 28.4. The average Bonchev–Trinajstić information content (AvgIpc) is 2.23. The highest BCUT2D eigenvalue weighted by molar-refractivity contribution is 6.60. The Labute approximate surface area is 84.7 Å². The third-order valence-electron chi connectivity index (χ3n) is 1.80. The summed E-state index contributed by atoms with van der Waals surface area (Å²) in [6, 6.07) is 0.223. The zero-order valence-corrected chi connectivity index (χ0v) is 9.60.